The Kier molecular flexibility index (Phi) is 15.0. The fourth-order valence-electron chi connectivity index (χ4n) is 3.99. The van der Waals surface area contributed by atoms with Crippen molar-refractivity contribution in [3.63, 3.8) is 0 Å². The standard InChI is InChI=1S/C29H27O7S2.2Na.O3S/c1-20-5-7-21(8-6-20)29(2,3)22-9-11-23(12-10-22)36-24-13-15-25(16-14-24)37(30,31)26-17-18-27(35-4)28(19-26)38(32,33)34;;;1-4(2)3/h5-13,15-19H,1-4H3,(H,32,33,34);;;/q-1;2*+1;/p-1. The zero-order valence-electron chi connectivity index (χ0n) is 24.9. The minimum Gasteiger partial charge on any atom is -0.744 e. The Hall–Kier alpha value is -2.04. The Balaban J connectivity index is 0.00000152. The molecule has 222 valence electrons. The summed E-state index contributed by atoms with van der Waals surface area (Å²) in [6.45, 7) is 6.36. The molecule has 0 saturated carbocycles. The van der Waals surface area contributed by atoms with Crippen molar-refractivity contribution < 1.29 is 103 Å². The van der Waals surface area contributed by atoms with E-state index >= 15 is 0 Å². The van der Waals surface area contributed by atoms with Gasteiger partial charge in [0.05, 0.1) is 16.9 Å². The minimum absolute atomic E-state index is 0. The fraction of sp³-hybridized carbons (Fsp3) is 0.172. The summed E-state index contributed by atoms with van der Waals surface area (Å²) >= 11 is 0. The Morgan fingerprint density at radius 1 is 0.773 bits per heavy atom. The third-order valence-corrected chi connectivity index (χ3v) is 8.96. The molecule has 10 nitrogen and oxygen atoms in total. The average molecular weight is 677 g/mol. The van der Waals surface area contributed by atoms with Crippen LogP contribution in [0.15, 0.2) is 99.6 Å². The largest absolute Gasteiger partial charge is 1.00 e. The third-order valence-electron chi connectivity index (χ3n) is 6.36. The first-order valence-electron chi connectivity index (χ1n) is 12.1. The molecule has 4 aromatic carbocycles. The molecule has 0 aliphatic carbocycles. The Morgan fingerprint density at radius 3 is 1.73 bits per heavy atom. The van der Waals surface area contributed by atoms with Gasteiger partial charge in [-0.3, -0.25) is 0 Å². The summed E-state index contributed by atoms with van der Waals surface area (Å²) in [7, 11) is -11.0. The van der Waals surface area contributed by atoms with E-state index in [1.807, 2.05) is 24.3 Å². The molecule has 0 spiro atoms. The SMILES string of the molecule is COc1ccc(S(=O)(=O)c2c[c-]c(Oc3ccc(C(C)(C)c4ccc(C)cc4)cc3)cc2)cc1S(=O)(=O)[O-].O=S(=O)=O.[Na+].[Na+]. The van der Waals surface area contributed by atoms with Crippen molar-refractivity contribution in [3.8, 4) is 17.2 Å². The van der Waals surface area contributed by atoms with Crippen LogP contribution in [0.3, 0.4) is 0 Å². The number of aryl methyl sites for hydroxylation is 1. The summed E-state index contributed by atoms with van der Waals surface area (Å²) in [5.41, 5.74) is 3.30. The van der Waals surface area contributed by atoms with E-state index in [1.54, 1.807) is 0 Å². The van der Waals surface area contributed by atoms with Crippen LogP contribution in [0.25, 0.3) is 0 Å². The van der Waals surface area contributed by atoms with Crippen LogP contribution >= 0.6 is 0 Å². The summed E-state index contributed by atoms with van der Waals surface area (Å²) in [5, 5.41) is 0. The van der Waals surface area contributed by atoms with Gasteiger partial charge in [-0.15, -0.1) is 24.8 Å². The number of hydrogen-bond donors (Lipinski definition) is 0. The van der Waals surface area contributed by atoms with Crippen LogP contribution in [0.1, 0.15) is 30.5 Å². The van der Waals surface area contributed by atoms with Crippen LogP contribution in [-0.4, -0.2) is 41.1 Å². The summed E-state index contributed by atoms with van der Waals surface area (Å²) in [6, 6.07) is 26.0. The minimum atomic E-state index is -4.95. The van der Waals surface area contributed by atoms with Crippen molar-refractivity contribution in [3.05, 3.63) is 108 Å². The van der Waals surface area contributed by atoms with Crippen LogP contribution in [0.5, 0.6) is 17.2 Å². The fourth-order valence-corrected chi connectivity index (χ4v) is 5.98. The first-order chi connectivity index (χ1) is 19.5. The second-order valence-electron chi connectivity index (χ2n) is 9.48. The van der Waals surface area contributed by atoms with E-state index in [0.29, 0.717) is 11.5 Å². The predicted octanol–water partition coefficient (Wildman–Crippen LogP) is -1.34. The number of benzene rings is 4. The molecule has 0 amide bonds. The van der Waals surface area contributed by atoms with E-state index in [4.69, 9.17) is 22.1 Å². The number of methoxy groups -OCH3 is 1. The Morgan fingerprint density at radius 2 is 1.27 bits per heavy atom. The summed E-state index contributed by atoms with van der Waals surface area (Å²) < 4.78 is 96.8. The van der Waals surface area contributed by atoms with E-state index in [-0.39, 0.29) is 80.1 Å². The molecule has 0 unspecified atom stereocenters. The Labute approximate surface area is 303 Å². The topological polar surface area (TPSA) is 161 Å². The van der Waals surface area contributed by atoms with Crippen molar-refractivity contribution >= 4 is 30.6 Å². The van der Waals surface area contributed by atoms with Crippen LogP contribution in [0.4, 0.5) is 0 Å². The maximum Gasteiger partial charge on any atom is 1.00 e. The van der Waals surface area contributed by atoms with Gasteiger partial charge in [-0.05, 0) is 53.3 Å². The van der Waals surface area contributed by atoms with Gasteiger partial charge in [0.2, 0.25) is 0 Å². The molecule has 15 heteroatoms. The molecule has 44 heavy (non-hydrogen) atoms. The summed E-state index contributed by atoms with van der Waals surface area (Å²) in [5.74, 6) is 0.621. The van der Waals surface area contributed by atoms with Crippen molar-refractivity contribution in [2.45, 2.75) is 40.9 Å². The van der Waals surface area contributed by atoms with E-state index in [9.17, 15) is 21.4 Å². The zero-order valence-corrected chi connectivity index (χ0v) is 31.3. The molecule has 4 rings (SSSR count). The normalized spacial score (nSPS) is 11.1. The first-order valence-corrected chi connectivity index (χ1v) is 16.0. The molecule has 0 aliphatic heterocycles. The zero-order chi connectivity index (χ0) is 31.3. The maximum absolute atomic E-state index is 13.1. The average Bonchev–Trinajstić information content (AvgIpc) is 2.93. The number of hydrogen-bond acceptors (Lipinski definition) is 10. The van der Waals surface area contributed by atoms with Crippen LogP contribution in [-0.2, 0) is 36.0 Å². The van der Waals surface area contributed by atoms with Gasteiger partial charge < -0.3 is 14.0 Å². The van der Waals surface area contributed by atoms with Crippen molar-refractivity contribution in [2.24, 2.45) is 0 Å². The molecular formula is C29H26Na2O10S3. The van der Waals surface area contributed by atoms with E-state index in [1.165, 1.54) is 42.5 Å². The van der Waals surface area contributed by atoms with Gasteiger partial charge in [0.25, 0.3) is 0 Å². The van der Waals surface area contributed by atoms with Crippen LogP contribution in [0, 0.1) is 13.0 Å². The molecule has 0 radical (unpaired) electrons. The van der Waals surface area contributed by atoms with E-state index in [2.05, 4.69) is 51.1 Å². The van der Waals surface area contributed by atoms with Gasteiger partial charge in [-0.1, -0.05) is 55.8 Å². The summed E-state index contributed by atoms with van der Waals surface area (Å²) in [6.07, 6.45) is 0. The van der Waals surface area contributed by atoms with Gasteiger partial charge >= 0.3 is 69.7 Å². The molecular weight excluding hydrogens is 650 g/mol. The van der Waals surface area contributed by atoms with Crippen LogP contribution < -0.4 is 68.6 Å². The molecule has 0 heterocycles. The van der Waals surface area contributed by atoms with E-state index in [0.717, 1.165) is 17.7 Å². The van der Waals surface area contributed by atoms with Crippen molar-refractivity contribution in [1.29, 1.82) is 0 Å². The van der Waals surface area contributed by atoms with Gasteiger partial charge in [0, 0.05) is 11.2 Å². The molecule has 0 N–H and O–H groups in total. The van der Waals surface area contributed by atoms with Gasteiger partial charge in [0.1, 0.15) is 21.6 Å². The molecule has 0 aliphatic rings. The first kappa shape index (κ1) is 40.0. The molecule has 0 atom stereocenters. The molecule has 0 aromatic heterocycles. The van der Waals surface area contributed by atoms with Gasteiger partial charge in [-0.2, -0.15) is 12.1 Å². The maximum atomic E-state index is 13.1. The summed E-state index contributed by atoms with van der Waals surface area (Å²) in [4.78, 5) is -1.25. The van der Waals surface area contributed by atoms with Crippen molar-refractivity contribution in [2.75, 3.05) is 7.11 Å². The van der Waals surface area contributed by atoms with Crippen molar-refractivity contribution in [1.82, 2.24) is 0 Å². The third kappa shape index (κ3) is 10.2. The van der Waals surface area contributed by atoms with Gasteiger partial charge in [-0.25, -0.2) is 16.8 Å². The Bertz CT molecular complexity index is 1890. The van der Waals surface area contributed by atoms with Gasteiger partial charge in [0.15, 0.2) is 9.84 Å². The monoisotopic (exact) mass is 676 g/mol. The molecule has 4 aromatic rings. The number of rotatable bonds is 8. The quantitative estimate of drug-likeness (QED) is 0.124. The number of ether oxygens (including phenoxy) is 2. The smallest absolute Gasteiger partial charge is 0.744 e. The van der Waals surface area contributed by atoms with Crippen LogP contribution in [0.2, 0.25) is 0 Å². The second kappa shape index (κ2) is 16.5. The number of sulfone groups is 1. The molecule has 0 saturated heterocycles. The molecule has 0 fully saturated rings. The molecule has 0 bridgehead atoms. The van der Waals surface area contributed by atoms with E-state index < -0.39 is 35.5 Å². The predicted molar refractivity (Wildman–Crippen MR) is 151 cm³/mol. The second-order valence-corrected chi connectivity index (χ2v) is 13.2.